The van der Waals surface area contributed by atoms with Gasteiger partial charge in [0.25, 0.3) is 0 Å². The molecule has 2 rings (SSSR count). The standard InChI is InChI=1S/C12H10F2N2O/c1-17-7-4-9(13)12(10(14)5-7)8-2-3-16-6-11(8)15/h2-6H,15H2,1H3. The molecule has 0 radical (unpaired) electrons. The quantitative estimate of drug-likeness (QED) is 0.871. The second kappa shape index (κ2) is 4.37. The maximum absolute atomic E-state index is 13.8. The van der Waals surface area contributed by atoms with Gasteiger partial charge in [0.15, 0.2) is 0 Å². The van der Waals surface area contributed by atoms with Gasteiger partial charge in [0.2, 0.25) is 0 Å². The zero-order valence-corrected chi connectivity index (χ0v) is 9.08. The lowest BCUT2D eigenvalue weighted by atomic mass is 10.0. The number of hydrogen-bond donors (Lipinski definition) is 1. The molecule has 0 atom stereocenters. The van der Waals surface area contributed by atoms with Gasteiger partial charge in [-0.3, -0.25) is 4.98 Å². The summed E-state index contributed by atoms with van der Waals surface area (Å²) >= 11 is 0. The number of nitrogens with zero attached hydrogens (tertiary/aromatic N) is 1. The molecule has 5 heteroatoms. The number of benzene rings is 1. The highest BCUT2D eigenvalue weighted by atomic mass is 19.1. The first-order valence-corrected chi connectivity index (χ1v) is 4.86. The number of rotatable bonds is 2. The fraction of sp³-hybridized carbons (Fsp3) is 0.0833. The number of anilines is 1. The minimum atomic E-state index is -0.722. The Hall–Kier alpha value is -2.17. The van der Waals surface area contributed by atoms with E-state index in [1.807, 2.05) is 0 Å². The van der Waals surface area contributed by atoms with E-state index in [4.69, 9.17) is 10.5 Å². The van der Waals surface area contributed by atoms with Gasteiger partial charge < -0.3 is 10.5 Å². The Morgan fingerprint density at radius 2 is 1.88 bits per heavy atom. The minimum absolute atomic E-state index is 0.122. The van der Waals surface area contributed by atoms with Crippen molar-refractivity contribution in [2.75, 3.05) is 12.8 Å². The van der Waals surface area contributed by atoms with Crippen molar-refractivity contribution >= 4 is 5.69 Å². The highest BCUT2D eigenvalue weighted by Crippen LogP contribution is 2.32. The topological polar surface area (TPSA) is 48.1 Å². The van der Waals surface area contributed by atoms with Crippen LogP contribution in [0.4, 0.5) is 14.5 Å². The van der Waals surface area contributed by atoms with Gasteiger partial charge in [-0.25, -0.2) is 8.78 Å². The van der Waals surface area contributed by atoms with Crippen LogP contribution in [0.1, 0.15) is 0 Å². The minimum Gasteiger partial charge on any atom is -0.497 e. The summed E-state index contributed by atoms with van der Waals surface area (Å²) in [6.07, 6.45) is 2.77. The van der Waals surface area contributed by atoms with Crippen LogP contribution in [-0.2, 0) is 0 Å². The Kier molecular flexibility index (Phi) is 2.91. The number of methoxy groups -OCH3 is 1. The average molecular weight is 236 g/mol. The van der Waals surface area contributed by atoms with Crippen molar-refractivity contribution in [1.29, 1.82) is 0 Å². The summed E-state index contributed by atoms with van der Waals surface area (Å²) in [6, 6.07) is 3.68. The van der Waals surface area contributed by atoms with Gasteiger partial charge >= 0.3 is 0 Å². The molecule has 17 heavy (non-hydrogen) atoms. The molecular formula is C12H10F2N2O. The summed E-state index contributed by atoms with van der Waals surface area (Å²) in [4.78, 5) is 3.77. The van der Waals surface area contributed by atoms with Gasteiger partial charge in [-0.15, -0.1) is 0 Å². The van der Waals surface area contributed by atoms with Crippen molar-refractivity contribution in [3.8, 4) is 16.9 Å². The first kappa shape index (κ1) is 11.3. The van der Waals surface area contributed by atoms with Crippen LogP contribution in [-0.4, -0.2) is 12.1 Å². The van der Waals surface area contributed by atoms with E-state index >= 15 is 0 Å². The van der Waals surface area contributed by atoms with Crippen molar-refractivity contribution in [2.24, 2.45) is 0 Å². The normalized spacial score (nSPS) is 10.3. The monoisotopic (exact) mass is 236 g/mol. The lowest BCUT2D eigenvalue weighted by Crippen LogP contribution is -1.97. The number of nitrogen functional groups attached to an aromatic ring is 1. The van der Waals surface area contributed by atoms with Crippen LogP contribution in [0.2, 0.25) is 0 Å². The second-order valence-corrected chi connectivity index (χ2v) is 3.43. The lowest BCUT2D eigenvalue weighted by molar-refractivity contribution is 0.407. The van der Waals surface area contributed by atoms with E-state index in [1.54, 1.807) is 0 Å². The largest absolute Gasteiger partial charge is 0.497 e. The number of hydrogen-bond acceptors (Lipinski definition) is 3. The van der Waals surface area contributed by atoms with Crippen LogP contribution in [0.5, 0.6) is 5.75 Å². The summed E-state index contributed by atoms with van der Waals surface area (Å²) < 4.78 is 32.3. The fourth-order valence-corrected chi connectivity index (χ4v) is 1.56. The Bertz CT molecular complexity index is 535. The number of aromatic nitrogens is 1. The Balaban J connectivity index is 2.64. The Morgan fingerprint density at radius 3 is 2.41 bits per heavy atom. The highest BCUT2D eigenvalue weighted by molar-refractivity contribution is 5.76. The SMILES string of the molecule is COc1cc(F)c(-c2ccncc2N)c(F)c1. The zero-order chi connectivity index (χ0) is 12.4. The van der Waals surface area contributed by atoms with E-state index in [9.17, 15) is 8.78 Å². The molecule has 0 spiro atoms. The van der Waals surface area contributed by atoms with E-state index in [0.29, 0.717) is 0 Å². The third kappa shape index (κ3) is 2.04. The molecule has 0 fully saturated rings. The molecule has 0 unspecified atom stereocenters. The van der Waals surface area contributed by atoms with E-state index in [2.05, 4.69) is 4.98 Å². The van der Waals surface area contributed by atoms with Gasteiger partial charge in [-0.2, -0.15) is 0 Å². The van der Waals surface area contributed by atoms with Crippen molar-refractivity contribution in [1.82, 2.24) is 4.98 Å². The molecule has 1 aromatic carbocycles. The van der Waals surface area contributed by atoms with Crippen LogP contribution in [0.15, 0.2) is 30.6 Å². The maximum Gasteiger partial charge on any atom is 0.137 e. The number of nitrogens with two attached hydrogens (primary N) is 1. The van der Waals surface area contributed by atoms with Crippen LogP contribution in [0.25, 0.3) is 11.1 Å². The first-order chi connectivity index (χ1) is 8.13. The molecule has 0 aliphatic rings. The number of halogens is 2. The fourth-order valence-electron chi connectivity index (χ4n) is 1.56. The van der Waals surface area contributed by atoms with Gasteiger partial charge in [0, 0.05) is 23.9 Å². The highest BCUT2D eigenvalue weighted by Gasteiger charge is 2.15. The van der Waals surface area contributed by atoms with Gasteiger partial charge in [-0.1, -0.05) is 0 Å². The summed E-state index contributed by atoms with van der Waals surface area (Å²) in [7, 11) is 1.34. The van der Waals surface area contributed by atoms with Crippen LogP contribution in [0, 0.1) is 11.6 Å². The molecule has 0 saturated carbocycles. The lowest BCUT2D eigenvalue weighted by Gasteiger charge is -2.09. The van der Waals surface area contributed by atoms with E-state index < -0.39 is 11.6 Å². The summed E-state index contributed by atoms with van der Waals surface area (Å²) in [5.74, 6) is -1.32. The molecule has 1 heterocycles. The van der Waals surface area contributed by atoms with Gasteiger partial charge in [0.05, 0.1) is 24.6 Å². The Morgan fingerprint density at radius 1 is 1.24 bits per heavy atom. The van der Waals surface area contributed by atoms with E-state index in [0.717, 1.165) is 12.1 Å². The molecule has 3 nitrogen and oxygen atoms in total. The van der Waals surface area contributed by atoms with Crippen molar-refractivity contribution < 1.29 is 13.5 Å². The van der Waals surface area contributed by atoms with Gasteiger partial charge in [-0.05, 0) is 6.07 Å². The van der Waals surface area contributed by atoms with Crippen LogP contribution in [0.3, 0.4) is 0 Å². The molecule has 2 N–H and O–H groups in total. The van der Waals surface area contributed by atoms with E-state index in [1.165, 1.54) is 25.6 Å². The first-order valence-electron chi connectivity index (χ1n) is 4.86. The predicted octanol–water partition coefficient (Wildman–Crippen LogP) is 2.62. The molecular weight excluding hydrogens is 226 g/mol. The molecule has 0 aliphatic heterocycles. The summed E-state index contributed by atoms with van der Waals surface area (Å²) in [6.45, 7) is 0. The molecule has 0 saturated heterocycles. The molecule has 1 aromatic heterocycles. The van der Waals surface area contributed by atoms with Crippen molar-refractivity contribution in [3.63, 3.8) is 0 Å². The molecule has 0 bridgehead atoms. The summed E-state index contributed by atoms with van der Waals surface area (Å²) in [5, 5.41) is 0. The smallest absolute Gasteiger partial charge is 0.137 e. The third-order valence-electron chi connectivity index (χ3n) is 2.37. The maximum atomic E-state index is 13.8. The molecule has 0 aliphatic carbocycles. The zero-order valence-electron chi connectivity index (χ0n) is 9.08. The van der Waals surface area contributed by atoms with Crippen LogP contribution >= 0.6 is 0 Å². The molecule has 0 amide bonds. The number of pyridine rings is 1. The Labute approximate surface area is 96.9 Å². The molecule has 88 valence electrons. The van der Waals surface area contributed by atoms with Gasteiger partial charge in [0.1, 0.15) is 17.4 Å². The third-order valence-corrected chi connectivity index (χ3v) is 2.37. The van der Waals surface area contributed by atoms with Crippen LogP contribution < -0.4 is 10.5 Å². The van der Waals surface area contributed by atoms with E-state index in [-0.39, 0.29) is 22.6 Å². The number of ether oxygens (including phenoxy) is 1. The predicted molar refractivity (Wildman–Crippen MR) is 60.6 cm³/mol. The average Bonchev–Trinajstić information content (AvgIpc) is 2.30. The second-order valence-electron chi connectivity index (χ2n) is 3.43. The van der Waals surface area contributed by atoms with Crippen molar-refractivity contribution in [2.45, 2.75) is 0 Å². The van der Waals surface area contributed by atoms with Crippen molar-refractivity contribution in [3.05, 3.63) is 42.2 Å². The molecule has 2 aromatic rings. The summed E-state index contributed by atoms with van der Waals surface area (Å²) in [5.41, 5.74) is 5.95.